The lowest BCUT2D eigenvalue weighted by Gasteiger charge is -2.09. The maximum atomic E-state index is 12.6. The minimum absolute atomic E-state index is 0.124. The Balaban J connectivity index is 2.31. The predicted molar refractivity (Wildman–Crippen MR) is 96.8 cm³/mol. The van der Waals surface area contributed by atoms with Crippen LogP contribution in [0, 0.1) is 0 Å². The maximum Gasteiger partial charge on any atom is 0.360 e. The Hall–Kier alpha value is -3.15. The molecule has 0 unspecified atom stereocenters. The molecule has 0 aliphatic heterocycles. The first-order chi connectivity index (χ1) is 13.2. The molecule has 0 aliphatic rings. The Morgan fingerprint density at radius 1 is 1.25 bits per heavy atom. The topological polar surface area (TPSA) is 139 Å². The van der Waals surface area contributed by atoms with Gasteiger partial charge in [-0.1, -0.05) is 25.5 Å². The van der Waals surface area contributed by atoms with Gasteiger partial charge in [-0.15, -0.1) is 9.78 Å². The van der Waals surface area contributed by atoms with E-state index < -0.39 is 32.6 Å². The van der Waals surface area contributed by atoms with E-state index in [0.29, 0.717) is 11.1 Å². The van der Waals surface area contributed by atoms with E-state index in [1.54, 1.807) is 4.72 Å². The first-order valence-electron chi connectivity index (χ1n) is 8.26. The number of benzene rings is 1. The van der Waals surface area contributed by atoms with Crippen molar-refractivity contribution in [2.45, 2.75) is 24.7 Å². The molecule has 0 spiro atoms. The molecule has 0 saturated carbocycles. The van der Waals surface area contributed by atoms with Gasteiger partial charge in [-0.2, -0.15) is 0 Å². The number of rotatable bonds is 7. The number of nitrogens with one attached hydrogen (secondary N) is 1. The third-order valence-corrected chi connectivity index (χ3v) is 5.04. The zero-order valence-corrected chi connectivity index (χ0v) is 16.4. The summed E-state index contributed by atoms with van der Waals surface area (Å²) in [7, 11) is -2.06. The Bertz CT molecular complexity index is 1040. The molecular weight excluding hydrogens is 392 g/mol. The Kier molecular flexibility index (Phi) is 6.57. The van der Waals surface area contributed by atoms with Gasteiger partial charge in [0.25, 0.3) is 10.0 Å². The number of unbranched alkanes of at least 4 members (excludes halogenated alkanes) is 1. The third kappa shape index (κ3) is 4.39. The molecule has 11 nitrogen and oxygen atoms in total. The molecule has 0 bridgehead atoms. The van der Waals surface area contributed by atoms with Crippen molar-refractivity contribution in [2.24, 2.45) is 7.05 Å². The van der Waals surface area contributed by atoms with E-state index in [4.69, 9.17) is 4.74 Å². The average Bonchev–Trinajstić information content (AvgIpc) is 2.96. The molecule has 0 aliphatic carbocycles. The molecule has 1 amide bonds. The molecule has 0 atom stereocenters. The predicted octanol–water partition coefficient (Wildman–Crippen LogP) is 0.494. The molecule has 0 saturated heterocycles. The number of amides is 1. The highest BCUT2D eigenvalue weighted by atomic mass is 32.2. The first-order valence-corrected chi connectivity index (χ1v) is 9.74. The zero-order valence-electron chi connectivity index (χ0n) is 15.5. The highest BCUT2D eigenvalue weighted by Crippen LogP contribution is 2.16. The van der Waals surface area contributed by atoms with Gasteiger partial charge < -0.3 is 9.47 Å². The standard InChI is InChI=1S/C16H20N4O7S/c1-4-5-10-27-15-17-20(16(23)19(15)2)14(22)18-28(24,25)12-9-7-6-8-11(12)13(21)26-3/h6-9H,4-5,10H2,1-3H3,(H,18,22). The van der Waals surface area contributed by atoms with Crippen LogP contribution in [-0.4, -0.2) is 48.5 Å². The van der Waals surface area contributed by atoms with E-state index >= 15 is 0 Å². The summed E-state index contributed by atoms with van der Waals surface area (Å²) < 4.78 is 38.0. The fraction of sp³-hybridized carbons (Fsp3) is 0.375. The van der Waals surface area contributed by atoms with Crippen molar-refractivity contribution in [2.75, 3.05) is 13.7 Å². The number of carbonyl (C=O) groups excluding carboxylic acids is 2. The summed E-state index contributed by atoms with van der Waals surface area (Å²) in [5, 5.41) is 3.71. The largest absolute Gasteiger partial charge is 0.465 e. The van der Waals surface area contributed by atoms with Crippen molar-refractivity contribution in [3.05, 3.63) is 40.3 Å². The van der Waals surface area contributed by atoms with Gasteiger partial charge in [0.2, 0.25) is 0 Å². The highest BCUT2D eigenvalue weighted by molar-refractivity contribution is 7.90. The molecule has 0 fully saturated rings. The smallest absolute Gasteiger partial charge is 0.360 e. The molecule has 28 heavy (non-hydrogen) atoms. The number of hydrogen-bond acceptors (Lipinski definition) is 8. The van der Waals surface area contributed by atoms with E-state index in [2.05, 4.69) is 9.84 Å². The van der Waals surface area contributed by atoms with Gasteiger partial charge in [0.05, 0.1) is 19.3 Å². The van der Waals surface area contributed by atoms with Crippen LogP contribution in [0.4, 0.5) is 4.79 Å². The summed E-state index contributed by atoms with van der Waals surface area (Å²) in [4.78, 5) is 35.8. The van der Waals surface area contributed by atoms with Gasteiger partial charge >= 0.3 is 23.7 Å². The monoisotopic (exact) mass is 412 g/mol. The van der Waals surface area contributed by atoms with E-state index in [1.165, 1.54) is 25.2 Å². The molecule has 152 valence electrons. The second kappa shape index (κ2) is 8.69. The quantitative estimate of drug-likeness (QED) is 0.512. The Labute approximate surface area is 160 Å². The summed E-state index contributed by atoms with van der Waals surface area (Å²) in [6.07, 6.45) is 1.57. The van der Waals surface area contributed by atoms with Crippen molar-refractivity contribution in [1.29, 1.82) is 0 Å². The molecular formula is C16H20N4O7S. The fourth-order valence-corrected chi connectivity index (χ4v) is 3.30. The molecule has 12 heteroatoms. The Morgan fingerprint density at radius 2 is 1.93 bits per heavy atom. The van der Waals surface area contributed by atoms with Crippen molar-refractivity contribution in [3.63, 3.8) is 0 Å². The Morgan fingerprint density at radius 3 is 2.57 bits per heavy atom. The van der Waals surface area contributed by atoms with E-state index in [-0.39, 0.29) is 18.2 Å². The first kappa shape index (κ1) is 21.2. The second-order valence-corrected chi connectivity index (χ2v) is 7.29. The van der Waals surface area contributed by atoms with Gasteiger partial charge in [-0.3, -0.25) is 0 Å². The summed E-state index contributed by atoms with van der Waals surface area (Å²) in [5.41, 5.74) is -1.15. The highest BCUT2D eigenvalue weighted by Gasteiger charge is 2.27. The molecule has 2 aromatic rings. The average molecular weight is 412 g/mol. The zero-order chi connectivity index (χ0) is 20.9. The number of ether oxygens (including phenoxy) is 2. The van der Waals surface area contributed by atoms with Crippen LogP contribution >= 0.6 is 0 Å². The number of esters is 1. The van der Waals surface area contributed by atoms with Crippen LogP contribution in [0.25, 0.3) is 0 Å². The van der Waals surface area contributed by atoms with Crippen molar-refractivity contribution in [3.8, 4) is 6.01 Å². The van der Waals surface area contributed by atoms with Crippen molar-refractivity contribution < 1.29 is 27.5 Å². The minimum Gasteiger partial charge on any atom is -0.465 e. The number of aromatic nitrogens is 3. The van der Waals surface area contributed by atoms with Crippen molar-refractivity contribution >= 4 is 22.0 Å². The summed E-state index contributed by atoms with van der Waals surface area (Å²) in [5.74, 6) is -0.893. The number of methoxy groups -OCH3 is 1. The van der Waals surface area contributed by atoms with Gasteiger partial charge in [-0.25, -0.2) is 32.1 Å². The lowest BCUT2D eigenvalue weighted by atomic mass is 10.2. The lowest BCUT2D eigenvalue weighted by Crippen LogP contribution is -2.40. The number of carbonyl (C=O) groups is 2. The van der Waals surface area contributed by atoms with Gasteiger partial charge in [0, 0.05) is 7.05 Å². The van der Waals surface area contributed by atoms with Crippen molar-refractivity contribution in [1.82, 2.24) is 19.1 Å². The van der Waals surface area contributed by atoms with Crippen LogP contribution in [0.5, 0.6) is 6.01 Å². The van der Waals surface area contributed by atoms with E-state index in [0.717, 1.165) is 24.2 Å². The van der Waals surface area contributed by atoms with Crippen LogP contribution in [0.3, 0.4) is 0 Å². The van der Waals surface area contributed by atoms with Crippen LogP contribution in [0.1, 0.15) is 30.1 Å². The van der Waals surface area contributed by atoms with Gasteiger partial charge in [-0.05, 0) is 18.6 Å². The SMILES string of the molecule is CCCCOc1nn(C(=O)NS(=O)(=O)c2ccccc2C(=O)OC)c(=O)n1C. The second-order valence-electron chi connectivity index (χ2n) is 5.64. The number of hydrogen-bond donors (Lipinski definition) is 1. The normalized spacial score (nSPS) is 11.1. The van der Waals surface area contributed by atoms with Gasteiger partial charge in [0.1, 0.15) is 4.90 Å². The lowest BCUT2D eigenvalue weighted by molar-refractivity contribution is 0.0596. The summed E-state index contributed by atoms with van der Waals surface area (Å²) in [6, 6.07) is 3.74. The van der Waals surface area contributed by atoms with E-state index in [1.807, 2.05) is 6.92 Å². The molecule has 0 radical (unpaired) electrons. The molecule has 1 heterocycles. The minimum atomic E-state index is -4.48. The maximum absolute atomic E-state index is 12.6. The summed E-state index contributed by atoms with van der Waals surface area (Å²) >= 11 is 0. The molecule has 1 aromatic carbocycles. The molecule has 1 N–H and O–H groups in total. The van der Waals surface area contributed by atoms with Crippen LogP contribution < -0.4 is 15.1 Å². The van der Waals surface area contributed by atoms with Gasteiger partial charge in [0.15, 0.2) is 0 Å². The molecule has 2 rings (SSSR count). The molecule has 1 aromatic heterocycles. The third-order valence-electron chi connectivity index (χ3n) is 3.67. The summed E-state index contributed by atoms with van der Waals surface area (Å²) in [6.45, 7) is 2.23. The van der Waals surface area contributed by atoms with Crippen LogP contribution in [0.2, 0.25) is 0 Å². The van der Waals surface area contributed by atoms with E-state index in [9.17, 15) is 22.8 Å². The van der Waals surface area contributed by atoms with Crippen LogP contribution in [-0.2, 0) is 21.8 Å². The van der Waals surface area contributed by atoms with Crippen LogP contribution in [0.15, 0.2) is 34.0 Å². The fourth-order valence-electron chi connectivity index (χ4n) is 2.18. The number of sulfonamides is 1. The number of nitrogens with zero attached hydrogens (tertiary/aromatic N) is 3.